The average molecular weight is 292 g/mol. The minimum absolute atomic E-state index is 0.292. The van der Waals surface area contributed by atoms with Crippen LogP contribution in [-0.2, 0) is 6.42 Å². The van der Waals surface area contributed by atoms with Crippen LogP contribution in [0.1, 0.15) is 22.6 Å². The smallest absolute Gasteiger partial charge is 0.124 e. The highest BCUT2D eigenvalue weighted by atomic mass is 35.5. The molecule has 0 aromatic heterocycles. The van der Waals surface area contributed by atoms with E-state index in [1.807, 2.05) is 13.1 Å². The summed E-state index contributed by atoms with van der Waals surface area (Å²) in [5.41, 5.74) is 3.56. The molecule has 0 amide bonds. The van der Waals surface area contributed by atoms with Crippen LogP contribution in [0.2, 0.25) is 5.02 Å². The Bertz CT molecular complexity index is 583. The van der Waals surface area contributed by atoms with Crippen molar-refractivity contribution in [2.75, 3.05) is 13.6 Å². The van der Waals surface area contributed by atoms with E-state index in [0.717, 1.165) is 18.5 Å². The standard InChI is InChI=1S/C17H19ClFN/c1-12-5-3-4-6-16(12)14(11-20-2)9-13-7-8-15(19)10-17(13)18/h3-8,10,14,20H,9,11H2,1-2H3. The van der Waals surface area contributed by atoms with E-state index >= 15 is 0 Å². The van der Waals surface area contributed by atoms with Crippen molar-refractivity contribution in [3.63, 3.8) is 0 Å². The molecule has 2 aromatic rings. The van der Waals surface area contributed by atoms with Gasteiger partial charge in [0, 0.05) is 17.5 Å². The second kappa shape index (κ2) is 6.87. The first-order valence-corrected chi connectivity index (χ1v) is 7.13. The molecule has 0 aliphatic rings. The van der Waals surface area contributed by atoms with Gasteiger partial charge in [0.1, 0.15) is 5.82 Å². The van der Waals surface area contributed by atoms with Crippen molar-refractivity contribution in [3.8, 4) is 0 Å². The third-order valence-corrected chi connectivity index (χ3v) is 3.91. The lowest BCUT2D eigenvalue weighted by Crippen LogP contribution is -2.20. The molecule has 1 atom stereocenters. The van der Waals surface area contributed by atoms with Gasteiger partial charge in [-0.05, 0) is 49.2 Å². The van der Waals surface area contributed by atoms with Gasteiger partial charge in [-0.15, -0.1) is 0 Å². The molecule has 0 aliphatic carbocycles. The molecule has 1 nitrogen and oxygen atoms in total. The van der Waals surface area contributed by atoms with Gasteiger partial charge in [0.05, 0.1) is 0 Å². The van der Waals surface area contributed by atoms with Crippen LogP contribution in [0.3, 0.4) is 0 Å². The summed E-state index contributed by atoms with van der Waals surface area (Å²) in [6, 6.07) is 13.0. The van der Waals surface area contributed by atoms with Crippen molar-refractivity contribution in [1.82, 2.24) is 5.32 Å². The molecule has 0 spiro atoms. The Hall–Kier alpha value is -1.38. The fourth-order valence-corrected chi connectivity index (χ4v) is 2.78. The monoisotopic (exact) mass is 291 g/mol. The maximum absolute atomic E-state index is 13.1. The van der Waals surface area contributed by atoms with Gasteiger partial charge >= 0.3 is 0 Å². The van der Waals surface area contributed by atoms with E-state index in [2.05, 4.69) is 30.4 Å². The Morgan fingerprint density at radius 1 is 1.20 bits per heavy atom. The van der Waals surface area contributed by atoms with Crippen molar-refractivity contribution < 1.29 is 4.39 Å². The molecule has 1 N–H and O–H groups in total. The van der Waals surface area contributed by atoms with Crippen LogP contribution in [0.15, 0.2) is 42.5 Å². The largest absolute Gasteiger partial charge is 0.319 e. The SMILES string of the molecule is CNCC(Cc1ccc(F)cc1Cl)c1ccccc1C. The molecule has 0 bridgehead atoms. The zero-order chi connectivity index (χ0) is 14.5. The summed E-state index contributed by atoms with van der Waals surface area (Å²) in [4.78, 5) is 0. The van der Waals surface area contributed by atoms with Crippen LogP contribution >= 0.6 is 11.6 Å². The van der Waals surface area contributed by atoms with Crippen molar-refractivity contribution >= 4 is 11.6 Å². The molecule has 0 saturated heterocycles. The molecule has 3 heteroatoms. The number of hydrogen-bond acceptors (Lipinski definition) is 1. The molecule has 106 valence electrons. The summed E-state index contributed by atoms with van der Waals surface area (Å²) in [5.74, 6) is 0.0315. The van der Waals surface area contributed by atoms with Gasteiger partial charge in [-0.3, -0.25) is 0 Å². The van der Waals surface area contributed by atoms with Crippen molar-refractivity contribution in [3.05, 3.63) is 70.0 Å². The van der Waals surface area contributed by atoms with Crippen LogP contribution in [0.25, 0.3) is 0 Å². The van der Waals surface area contributed by atoms with E-state index in [-0.39, 0.29) is 5.82 Å². The van der Waals surface area contributed by atoms with Gasteiger partial charge in [-0.1, -0.05) is 41.9 Å². The topological polar surface area (TPSA) is 12.0 Å². The molecule has 2 aromatic carbocycles. The van der Waals surface area contributed by atoms with Crippen LogP contribution in [0, 0.1) is 12.7 Å². The van der Waals surface area contributed by atoms with E-state index < -0.39 is 0 Å². The maximum Gasteiger partial charge on any atom is 0.124 e. The molecule has 0 aliphatic heterocycles. The predicted molar refractivity (Wildman–Crippen MR) is 83.0 cm³/mol. The van der Waals surface area contributed by atoms with Gasteiger partial charge < -0.3 is 5.32 Å². The van der Waals surface area contributed by atoms with Crippen molar-refractivity contribution in [2.45, 2.75) is 19.3 Å². The molecule has 0 fully saturated rings. The first kappa shape index (κ1) is 15.0. The molecule has 0 radical (unpaired) electrons. The molecule has 1 unspecified atom stereocenters. The Balaban J connectivity index is 2.28. The van der Waals surface area contributed by atoms with Crippen LogP contribution in [-0.4, -0.2) is 13.6 Å². The van der Waals surface area contributed by atoms with Crippen LogP contribution in [0.4, 0.5) is 4.39 Å². The third kappa shape index (κ3) is 3.59. The third-order valence-electron chi connectivity index (χ3n) is 3.56. The van der Waals surface area contributed by atoms with E-state index in [1.54, 1.807) is 6.07 Å². The van der Waals surface area contributed by atoms with Gasteiger partial charge in [0.25, 0.3) is 0 Å². The number of hydrogen-bond donors (Lipinski definition) is 1. The van der Waals surface area contributed by atoms with Crippen LogP contribution in [0.5, 0.6) is 0 Å². The maximum atomic E-state index is 13.1. The lowest BCUT2D eigenvalue weighted by molar-refractivity contribution is 0.614. The second-order valence-corrected chi connectivity index (χ2v) is 5.46. The van der Waals surface area contributed by atoms with Gasteiger partial charge in [0.2, 0.25) is 0 Å². The summed E-state index contributed by atoms with van der Waals surface area (Å²) in [7, 11) is 1.94. The Morgan fingerprint density at radius 2 is 1.95 bits per heavy atom. The first-order valence-electron chi connectivity index (χ1n) is 6.76. The average Bonchev–Trinajstić information content (AvgIpc) is 2.42. The first-order chi connectivity index (χ1) is 9.61. The van der Waals surface area contributed by atoms with Crippen molar-refractivity contribution in [1.29, 1.82) is 0 Å². The Labute approximate surface area is 124 Å². The molecule has 0 heterocycles. The van der Waals surface area contributed by atoms with E-state index in [1.165, 1.54) is 23.3 Å². The molecule has 2 rings (SSSR count). The Kier molecular flexibility index (Phi) is 5.16. The number of benzene rings is 2. The summed E-state index contributed by atoms with van der Waals surface area (Å²) >= 11 is 6.14. The molecular weight excluding hydrogens is 273 g/mol. The van der Waals surface area contributed by atoms with Gasteiger partial charge in [-0.2, -0.15) is 0 Å². The lowest BCUT2D eigenvalue weighted by Gasteiger charge is -2.20. The van der Waals surface area contributed by atoms with E-state index in [9.17, 15) is 4.39 Å². The summed E-state index contributed by atoms with van der Waals surface area (Å²) in [6.07, 6.45) is 0.796. The van der Waals surface area contributed by atoms with Gasteiger partial charge in [-0.25, -0.2) is 4.39 Å². The lowest BCUT2D eigenvalue weighted by atomic mass is 9.89. The number of halogens is 2. The molecule has 20 heavy (non-hydrogen) atoms. The highest BCUT2D eigenvalue weighted by Gasteiger charge is 2.15. The fraction of sp³-hybridized carbons (Fsp3) is 0.294. The van der Waals surface area contributed by atoms with E-state index in [0.29, 0.717) is 10.9 Å². The summed E-state index contributed by atoms with van der Waals surface area (Å²) in [5, 5.41) is 3.73. The molecule has 0 saturated carbocycles. The van der Waals surface area contributed by atoms with Gasteiger partial charge in [0.15, 0.2) is 0 Å². The fourth-order valence-electron chi connectivity index (χ4n) is 2.54. The quantitative estimate of drug-likeness (QED) is 0.864. The number of likely N-dealkylation sites (N-methyl/N-ethyl adjacent to an activating group) is 1. The zero-order valence-corrected chi connectivity index (χ0v) is 12.5. The minimum atomic E-state index is -0.292. The number of aryl methyl sites for hydroxylation is 1. The zero-order valence-electron chi connectivity index (χ0n) is 11.8. The minimum Gasteiger partial charge on any atom is -0.319 e. The summed E-state index contributed by atoms with van der Waals surface area (Å²) in [6.45, 7) is 2.98. The number of rotatable bonds is 5. The normalized spacial score (nSPS) is 12.4. The summed E-state index contributed by atoms with van der Waals surface area (Å²) < 4.78 is 13.1. The van der Waals surface area contributed by atoms with Crippen molar-refractivity contribution in [2.24, 2.45) is 0 Å². The predicted octanol–water partition coefficient (Wildman–Crippen LogP) is 4.33. The highest BCUT2D eigenvalue weighted by molar-refractivity contribution is 6.31. The highest BCUT2D eigenvalue weighted by Crippen LogP contribution is 2.27. The van der Waals surface area contributed by atoms with E-state index in [4.69, 9.17) is 11.6 Å². The van der Waals surface area contributed by atoms with Crippen LogP contribution < -0.4 is 5.32 Å². The number of nitrogens with one attached hydrogen (secondary N) is 1. The second-order valence-electron chi connectivity index (χ2n) is 5.05. The Morgan fingerprint density at radius 3 is 2.60 bits per heavy atom. The molecular formula is C17H19ClFN.